The lowest BCUT2D eigenvalue weighted by molar-refractivity contribution is 0.995. The molecule has 0 aliphatic rings. The van der Waals surface area contributed by atoms with Crippen LogP contribution in [0.1, 0.15) is 5.56 Å². The van der Waals surface area contributed by atoms with Crippen LogP contribution in [0.25, 0.3) is 92.7 Å². The van der Waals surface area contributed by atoms with E-state index in [2.05, 4.69) is 138 Å². The first-order chi connectivity index (χ1) is 25.7. The van der Waals surface area contributed by atoms with E-state index in [1.165, 1.54) is 31.3 Å². The van der Waals surface area contributed by atoms with Crippen LogP contribution in [0.2, 0.25) is 0 Å². The normalized spacial score (nSPS) is 11.4. The molecule has 7 aromatic carbocycles. The number of fused-ring (bicyclic) bond motifs is 6. The molecule has 5 heteroatoms. The summed E-state index contributed by atoms with van der Waals surface area (Å²) in [5.41, 5.74) is 11.0. The van der Waals surface area contributed by atoms with Crippen molar-refractivity contribution in [3.8, 4) is 56.8 Å². The summed E-state index contributed by atoms with van der Waals surface area (Å²) in [5.74, 6) is 0.623. The molecule has 242 valence electrons. The zero-order valence-electron chi connectivity index (χ0n) is 27.9. The molecule has 0 atom stereocenters. The molecule has 0 unspecified atom stereocenters. The van der Waals surface area contributed by atoms with Crippen LogP contribution in [0, 0.1) is 11.3 Å². The van der Waals surface area contributed by atoms with Gasteiger partial charge in [0.15, 0.2) is 0 Å². The topological polar surface area (TPSA) is 54.5 Å². The Labute approximate surface area is 304 Å². The number of nitrogens with zero attached hydrogens (tertiary/aromatic N) is 4. The first kappa shape index (κ1) is 30.0. The maximum Gasteiger partial charge on any atom is 0.235 e. The standard InChI is InChI=1S/C47H28N4S/c48-29-30-14-16-31(17-15-30)32-18-20-34(21-19-32)42-28-41(33-8-2-1-3-9-33)49-47(50-42)51-43-12-6-4-10-37(43)39-26-35(22-24-44(39)51)36-23-25-46-40(27-36)38-11-5-7-13-45(38)52-46/h1-28H. The number of hydrogen-bond acceptors (Lipinski definition) is 4. The number of aromatic nitrogens is 3. The molecule has 0 aliphatic carbocycles. The van der Waals surface area contributed by atoms with Gasteiger partial charge in [0, 0.05) is 42.1 Å². The minimum atomic E-state index is 0.623. The van der Waals surface area contributed by atoms with Crippen LogP contribution in [0.15, 0.2) is 170 Å². The fourth-order valence-electron chi connectivity index (χ4n) is 7.28. The summed E-state index contributed by atoms with van der Waals surface area (Å²) in [6.07, 6.45) is 0. The SMILES string of the molecule is N#Cc1ccc(-c2ccc(-c3cc(-c4ccccc4)nc(-n4c5ccccc5c5cc(-c6ccc7sc8ccccc8c7c6)ccc54)n3)cc2)cc1. The number of thiophene rings is 1. The van der Waals surface area contributed by atoms with Crippen molar-refractivity contribution in [2.45, 2.75) is 0 Å². The van der Waals surface area contributed by atoms with E-state index in [0.29, 0.717) is 11.5 Å². The quantitative estimate of drug-likeness (QED) is 0.182. The van der Waals surface area contributed by atoms with Crippen LogP contribution in [0.4, 0.5) is 0 Å². The van der Waals surface area contributed by atoms with Gasteiger partial charge in [0.2, 0.25) is 5.95 Å². The molecule has 3 heterocycles. The minimum absolute atomic E-state index is 0.623. The third-order valence-corrected chi connectivity index (χ3v) is 11.0. The third-order valence-electron chi connectivity index (χ3n) is 9.89. The van der Waals surface area contributed by atoms with Crippen LogP contribution < -0.4 is 0 Å². The molecule has 0 saturated heterocycles. The van der Waals surface area contributed by atoms with Crippen LogP contribution in [-0.2, 0) is 0 Å². The van der Waals surface area contributed by atoms with Gasteiger partial charge in [-0.15, -0.1) is 11.3 Å². The van der Waals surface area contributed by atoms with Crippen LogP contribution in [0.5, 0.6) is 0 Å². The Hall–Kier alpha value is -6.87. The summed E-state index contributed by atoms with van der Waals surface area (Å²) < 4.78 is 4.82. The van der Waals surface area contributed by atoms with E-state index >= 15 is 0 Å². The molecule has 0 radical (unpaired) electrons. The van der Waals surface area contributed by atoms with Crippen molar-refractivity contribution in [2.24, 2.45) is 0 Å². The van der Waals surface area contributed by atoms with Gasteiger partial charge in [-0.2, -0.15) is 5.26 Å². The van der Waals surface area contributed by atoms with Crippen molar-refractivity contribution in [3.05, 3.63) is 175 Å². The van der Waals surface area contributed by atoms with Gasteiger partial charge in [-0.1, -0.05) is 115 Å². The molecule has 4 nitrogen and oxygen atoms in total. The molecule has 0 fully saturated rings. The van der Waals surface area contributed by atoms with E-state index in [4.69, 9.17) is 9.97 Å². The predicted molar refractivity (Wildman–Crippen MR) is 216 cm³/mol. The van der Waals surface area contributed by atoms with Gasteiger partial charge in [-0.25, -0.2) is 9.97 Å². The second kappa shape index (κ2) is 12.2. The van der Waals surface area contributed by atoms with Crippen molar-refractivity contribution in [1.82, 2.24) is 14.5 Å². The zero-order valence-corrected chi connectivity index (χ0v) is 28.7. The highest BCUT2D eigenvalue weighted by Crippen LogP contribution is 2.39. The number of benzene rings is 7. The Morgan fingerprint density at radius 3 is 1.71 bits per heavy atom. The molecule has 0 spiro atoms. The van der Waals surface area contributed by atoms with E-state index in [1.807, 2.05) is 53.8 Å². The molecular formula is C47H28N4S. The van der Waals surface area contributed by atoms with Crippen LogP contribution in [0.3, 0.4) is 0 Å². The van der Waals surface area contributed by atoms with Gasteiger partial charge >= 0.3 is 0 Å². The van der Waals surface area contributed by atoms with Crippen molar-refractivity contribution < 1.29 is 0 Å². The first-order valence-electron chi connectivity index (χ1n) is 17.2. The Morgan fingerprint density at radius 2 is 0.962 bits per heavy atom. The van der Waals surface area contributed by atoms with Crippen molar-refractivity contribution >= 4 is 53.3 Å². The smallest absolute Gasteiger partial charge is 0.235 e. The van der Waals surface area contributed by atoms with Gasteiger partial charge in [-0.3, -0.25) is 4.57 Å². The van der Waals surface area contributed by atoms with Gasteiger partial charge in [0.1, 0.15) is 0 Å². The highest BCUT2D eigenvalue weighted by atomic mass is 32.1. The monoisotopic (exact) mass is 680 g/mol. The summed E-state index contributed by atoms with van der Waals surface area (Å²) in [5, 5.41) is 14.1. The molecular weight excluding hydrogens is 653 g/mol. The largest absolute Gasteiger partial charge is 0.278 e. The molecule has 3 aromatic heterocycles. The second-order valence-electron chi connectivity index (χ2n) is 13.0. The predicted octanol–water partition coefficient (Wildman–Crippen LogP) is 12.5. The number of nitriles is 1. The molecule has 10 aromatic rings. The molecule has 0 N–H and O–H groups in total. The van der Waals surface area contributed by atoms with Gasteiger partial charge < -0.3 is 0 Å². The van der Waals surface area contributed by atoms with Gasteiger partial charge in [-0.05, 0) is 76.9 Å². The Balaban J connectivity index is 1.13. The van der Waals surface area contributed by atoms with Crippen LogP contribution in [-0.4, -0.2) is 14.5 Å². The number of para-hydroxylation sites is 1. The lowest BCUT2D eigenvalue weighted by Gasteiger charge is -2.12. The van der Waals surface area contributed by atoms with Crippen molar-refractivity contribution in [3.63, 3.8) is 0 Å². The van der Waals surface area contributed by atoms with Gasteiger partial charge in [0.05, 0.1) is 34.1 Å². The highest BCUT2D eigenvalue weighted by Gasteiger charge is 2.18. The van der Waals surface area contributed by atoms with Crippen molar-refractivity contribution in [2.75, 3.05) is 0 Å². The average Bonchev–Trinajstić information content (AvgIpc) is 3.76. The molecule has 52 heavy (non-hydrogen) atoms. The summed E-state index contributed by atoms with van der Waals surface area (Å²) >= 11 is 1.84. The summed E-state index contributed by atoms with van der Waals surface area (Å²) in [7, 11) is 0. The molecule has 0 aliphatic heterocycles. The van der Waals surface area contributed by atoms with Crippen LogP contribution >= 0.6 is 11.3 Å². The first-order valence-corrected chi connectivity index (χ1v) is 18.0. The zero-order chi connectivity index (χ0) is 34.6. The number of rotatable bonds is 5. The maximum atomic E-state index is 9.22. The Bertz CT molecular complexity index is 3000. The van der Waals surface area contributed by atoms with Crippen molar-refractivity contribution in [1.29, 1.82) is 5.26 Å². The molecule has 0 amide bonds. The Kier molecular flexibility index (Phi) is 7.02. The molecule has 0 saturated carbocycles. The fraction of sp³-hybridized carbons (Fsp3) is 0. The van der Waals surface area contributed by atoms with Gasteiger partial charge in [0.25, 0.3) is 0 Å². The maximum absolute atomic E-state index is 9.22. The van der Waals surface area contributed by atoms with E-state index in [0.717, 1.165) is 55.4 Å². The fourth-order valence-corrected chi connectivity index (χ4v) is 8.37. The Morgan fingerprint density at radius 1 is 0.423 bits per heavy atom. The lowest BCUT2D eigenvalue weighted by Crippen LogP contribution is -2.04. The summed E-state index contributed by atoms with van der Waals surface area (Å²) in [6.45, 7) is 0. The summed E-state index contributed by atoms with van der Waals surface area (Å²) in [6, 6.07) is 61.4. The minimum Gasteiger partial charge on any atom is -0.278 e. The summed E-state index contributed by atoms with van der Waals surface area (Å²) in [4.78, 5) is 10.5. The van der Waals surface area contributed by atoms with E-state index in [-0.39, 0.29) is 0 Å². The molecule has 0 bridgehead atoms. The number of hydrogen-bond donors (Lipinski definition) is 0. The lowest BCUT2D eigenvalue weighted by atomic mass is 10.0. The van der Waals surface area contributed by atoms with E-state index in [1.54, 1.807) is 0 Å². The second-order valence-corrected chi connectivity index (χ2v) is 14.0. The van der Waals surface area contributed by atoms with E-state index < -0.39 is 0 Å². The third kappa shape index (κ3) is 5.05. The highest BCUT2D eigenvalue weighted by molar-refractivity contribution is 7.25. The van der Waals surface area contributed by atoms with E-state index in [9.17, 15) is 5.26 Å². The molecule has 10 rings (SSSR count). The average molecular weight is 681 g/mol.